The van der Waals surface area contributed by atoms with E-state index in [0.29, 0.717) is 0 Å². The Morgan fingerprint density at radius 2 is 2.17 bits per heavy atom. The second kappa shape index (κ2) is 6.21. The van der Waals surface area contributed by atoms with Gasteiger partial charge in [0.1, 0.15) is 5.75 Å². The summed E-state index contributed by atoms with van der Waals surface area (Å²) in [6.45, 7) is 0.818. The Morgan fingerprint density at radius 3 is 2.89 bits per heavy atom. The smallest absolute Gasteiger partial charge is 0.131 e. The highest BCUT2D eigenvalue weighted by molar-refractivity contribution is 5.69. The van der Waals surface area contributed by atoms with E-state index < -0.39 is 0 Å². The van der Waals surface area contributed by atoms with Crippen LogP contribution in [0.5, 0.6) is 5.75 Å². The number of ether oxygens (including phenoxy) is 1. The van der Waals surface area contributed by atoms with Crippen molar-refractivity contribution in [3.05, 3.63) is 36.3 Å². The number of benzene rings is 1. The average molecular weight is 245 g/mol. The van der Waals surface area contributed by atoms with Gasteiger partial charge in [-0.15, -0.1) is 0 Å². The summed E-state index contributed by atoms with van der Waals surface area (Å²) in [5.41, 5.74) is 3.44. The average Bonchev–Trinajstić information content (AvgIpc) is 2.93. The number of aromatic amines is 1. The number of aromatic nitrogens is 2. The molecule has 0 amide bonds. The minimum Gasteiger partial charge on any atom is -0.493 e. The van der Waals surface area contributed by atoms with E-state index in [1.54, 1.807) is 6.33 Å². The molecule has 0 aliphatic carbocycles. The fourth-order valence-corrected chi connectivity index (χ4v) is 2.00. The van der Waals surface area contributed by atoms with Crippen LogP contribution in [0.25, 0.3) is 11.3 Å². The summed E-state index contributed by atoms with van der Waals surface area (Å²) in [4.78, 5) is 7.15. The van der Waals surface area contributed by atoms with Gasteiger partial charge in [0.25, 0.3) is 0 Å². The Balaban J connectivity index is 0.000000367. The number of hydrogen-bond donors (Lipinski definition) is 2. The van der Waals surface area contributed by atoms with Crippen molar-refractivity contribution in [2.45, 2.75) is 12.8 Å². The van der Waals surface area contributed by atoms with E-state index in [0.717, 1.165) is 36.5 Å². The zero-order valence-electron chi connectivity index (χ0n) is 10.9. The molecule has 4 nitrogen and oxygen atoms in total. The van der Waals surface area contributed by atoms with Crippen molar-refractivity contribution < 1.29 is 4.74 Å². The van der Waals surface area contributed by atoms with Crippen LogP contribution < -0.4 is 10.1 Å². The van der Waals surface area contributed by atoms with Crippen LogP contribution in [-0.2, 0) is 6.42 Å². The Bertz CT molecular complexity index is 480. The number of nitrogens with zero attached hydrogens (tertiary/aromatic N) is 1. The molecule has 1 aliphatic rings. The Hall–Kier alpha value is -1.81. The van der Waals surface area contributed by atoms with Gasteiger partial charge in [-0.25, -0.2) is 4.98 Å². The predicted molar refractivity (Wildman–Crippen MR) is 72.8 cm³/mol. The van der Waals surface area contributed by atoms with Crippen molar-refractivity contribution in [3.63, 3.8) is 0 Å². The fraction of sp³-hybridized carbons (Fsp3) is 0.357. The van der Waals surface area contributed by atoms with E-state index in [1.165, 1.54) is 5.56 Å². The summed E-state index contributed by atoms with van der Waals surface area (Å²) in [6, 6.07) is 6.27. The van der Waals surface area contributed by atoms with Crippen LogP contribution in [-0.4, -0.2) is 30.7 Å². The second-order valence-electron chi connectivity index (χ2n) is 4.21. The maximum Gasteiger partial charge on any atom is 0.131 e. The molecule has 96 valence electrons. The molecule has 0 fully saturated rings. The van der Waals surface area contributed by atoms with Crippen LogP contribution in [0.3, 0.4) is 0 Å². The lowest BCUT2D eigenvalue weighted by molar-refractivity contribution is 0.289. The topological polar surface area (TPSA) is 49.9 Å². The summed E-state index contributed by atoms with van der Waals surface area (Å²) < 4.78 is 5.73. The van der Waals surface area contributed by atoms with Gasteiger partial charge in [0.2, 0.25) is 0 Å². The molecule has 1 aromatic carbocycles. The quantitative estimate of drug-likeness (QED) is 0.810. The lowest BCUT2D eigenvalue weighted by atomic mass is 10.0. The molecule has 0 unspecified atom stereocenters. The van der Waals surface area contributed by atoms with E-state index in [9.17, 15) is 0 Å². The van der Waals surface area contributed by atoms with Crippen molar-refractivity contribution in [1.29, 1.82) is 0 Å². The molecule has 0 atom stereocenters. The molecule has 18 heavy (non-hydrogen) atoms. The Morgan fingerprint density at radius 1 is 1.33 bits per heavy atom. The third-order valence-electron chi connectivity index (χ3n) is 2.72. The fourth-order valence-electron chi connectivity index (χ4n) is 2.00. The Labute approximate surface area is 107 Å². The minimum absolute atomic E-state index is 0.818. The minimum atomic E-state index is 0.818. The molecule has 1 aromatic heterocycles. The normalized spacial score (nSPS) is 13.0. The number of fused-ring (bicyclic) bond motifs is 1. The first-order chi connectivity index (χ1) is 8.86. The first-order valence-electron chi connectivity index (χ1n) is 6.18. The van der Waals surface area contributed by atoms with Crippen molar-refractivity contribution >= 4 is 0 Å². The highest BCUT2D eigenvalue weighted by Gasteiger charge is 2.15. The van der Waals surface area contributed by atoms with Gasteiger partial charge in [-0.3, -0.25) is 0 Å². The highest BCUT2D eigenvalue weighted by atomic mass is 16.5. The SMILES string of the molecule is CNC.c1cc2c(c(-c3cnc[nH]3)c1)OCCC2. The molecular formula is C14H19N3O. The monoisotopic (exact) mass is 245 g/mol. The molecule has 1 aliphatic heterocycles. The molecule has 0 saturated heterocycles. The van der Waals surface area contributed by atoms with Gasteiger partial charge in [-0.1, -0.05) is 12.1 Å². The summed E-state index contributed by atoms with van der Waals surface area (Å²) >= 11 is 0. The van der Waals surface area contributed by atoms with E-state index >= 15 is 0 Å². The molecule has 0 saturated carbocycles. The van der Waals surface area contributed by atoms with E-state index in [2.05, 4.69) is 33.5 Å². The lowest BCUT2D eigenvalue weighted by Gasteiger charge is -2.19. The van der Waals surface area contributed by atoms with E-state index in [-0.39, 0.29) is 0 Å². The van der Waals surface area contributed by atoms with Crippen LogP contribution in [0, 0.1) is 0 Å². The van der Waals surface area contributed by atoms with Gasteiger partial charge in [-0.05, 0) is 38.6 Å². The van der Waals surface area contributed by atoms with Crippen molar-refractivity contribution in [2.75, 3.05) is 20.7 Å². The third-order valence-corrected chi connectivity index (χ3v) is 2.72. The number of imidazole rings is 1. The molecule has 4 heteroatoms. The summed E-state index contributed by atoms with van der Waals surface area (Å²) in [6.07, 6.45) is 5.74. The first-order valence-corrected chi connectivity index (χ1v) is 6.18. The van der Waals surface area contributed by atoms with Gasteiger partial charge in [0.05, 0.1) is 24.8 Å². The van der Waals surface area contributed by atoms with Crippen LogP contribution in [0.15, 0.2) is 30.7 Å². The maximum atomic E-state index is 5.73. The van der Waals surface area contributed by atoms with Gasteiger partial charge >= 0.3 is 0 Å². The molecule has 0 bridgehead atoms. The lowest BCUT2D eigenvalue weighted by Crippen LogP contribution is -2.09. The summed E-state index contributed by atoms with van der Waals surface area (Å²) in [5, 5.41) is 2.75. The molecular weight excluding hydrogens is 226 g/mol. The molecule has 0 spiro atoms. The summed E-state index contributed by atoms with van der Waals surface area (Å²) in [5.74, 6) is 1.02. The van der Waals surface area contributed by atoms with Gasteiger partial charge in [-0.2, -0.15) is 0 Å². The Kier molecular flexibility index (Phi) is 4.36. The van der Waals surface area contributed by atoms with E-state index in [4.69, 9.17) is 4.74 Å². The predicted octanol–water partition coefficient (Wildman–Crippen LogP) is 2.24. The zero-order chi connectivity index (χ0) is 12.8. The molecule has 2 N–H and O–H groups in total. The third kappa shape index (κ3) is 2.71. The van der Waals surface area contributed by atoms with Gasteiger partial charge in [0.15, 0.2) is 0 Å². The van der Waals surface area contributed by atoms with Crippen LogP contribution >= 0.6 is 0 Å². The number of rotatable bonds is 1. The van der Waals surface area contributed by atoms with E-state index in [1.807, 2.05) is 20.3 Å². The number of aryl methyl sites for hydroxylation is 1. The number of hydrogen-bond acceptors (Lipinski definition) is 3. The van der Waals surface area contributed by atoms with Crippen molar-refractivity contribution in [2.24, 2.45) is 0 Å². The highest BCUT2D eigenvalue weighted by Crippen LogP contribution is 2.34. The number of nitrogens with one attached hydrogen (secondary N) is 2. The maximum absolute atomic E-state index is 5.73. The first kappa shape index (κ1) is 12.6. The van der Waals surface area contributed by atoms with Gasteiger partial charge in [0, 0.05) is 5.56 Å². The molecule has 3 rings (SSSR count). The largest absolute Gasteiger partial charge is 0.493 e. The summed E-state index contributed by atoms with van der Waals surface area (Å²) in [7, 11) is 3.75. The van der Waals surface area contributed by atoms with Gasteiger partial charge < -0.3 is 15.0 Å². The van der Waals surface area contributed by atoms with Crippen LogP contribution in [0.1, 0.15) is 12.0 Å². The zero-order valence-corrected chi connectivity index (χ0v) is 10.9. The molecule has 2 aromatic rings. The van der Waals surface area contributed by atoms with Crippen LogP contribution in [0.4, 0.5) is 0 Å². The second-order valence-corrected chi connectivity index (χ2v) is 4.21. The molecule has 0 radical (unpaired) electrons. The standard InChI is InChI=1S/C12H12N2O.C2H7N/c1-3-9-4-2-6-15-12(9)10(5-1)11-7-13-8-14-11;1-3-2/h1,3,5,7-8H,2,4,6H2,(H,13,14);3H,1-2H3. The van der Waals surface area contributed by atoms with Crippen molar-refractivity contribution in [3.8, 4) is 17.0 Å². The number of para-hydroxylation sites is 1. The number of H-pyrrole nitrogens is 1. The van der Waals surface area contributed by atoms with Crippen LogP contribution in [0.2, 0.25) is 0 Å². The molecule has 2 heterocycles. The van der Waals surface area contributed by atoms with Crippen molar-refractivity contribution in [1.82, 2.24) is 15.3 Å².